The number of ether oxygens (including phenoxy) is 1. The van der Waals surface area contributed by atoms with Crippen LogP contribution in [-0.4, -0.2) is 29.7 Å². The molecule has 0 unspecified atom stereocenters. The van der Waals surface area contributed by atoms with Crippen LogP contribution in [0.1, 0.15) is 25.8 Å². The van der Waals surface area contributed by atoms with Crippen LogP contribution < -0.4 is 0 Å². The molecule has 0 fully saturated rings. The van der Waals surface area contributed by atoms with Gasteiger partial charge in [-0.1, -0.05) is 36.4 Å². The van der Waals surface area contributed by atoms with E-state index in [4.69, 9.17) is 0 Å². The normalized spacial score (nSPS) is 22.2. The van der Waals surface area contributed by atoms with Gasteiger partial charge < -0.3 is 9.84 Å². The predicted octanol–water partition coefficient (Wildman–Crippen LogP) is 3.95. The Hall–Kier alpha value is -3.21. The highest BCUT2D eigenvalue weighted by molar-refractivity contribution is 6.07. The molecule has 0 bridgehead atoms. The Morgan fingerprint density at radius 1 is 1.23 bits per heavy atom. The molecule has 134 valence electrons. The lowest BCUT2D eigenvalue weighted by Crippen LogP contribution is -2.04. The van der Waals surface area contributed by atoms with E-state index in [0.29, 0.717) is 11.3 Å². The number of nitrogens with zero attached hydrogens (tertiary/aromatic N) is 1. The zero-order valence-corrected chi connectivity index (χ0v) is 15.0. The van der Waals surface area contributed by atoms with E-state index in [0.717, 1.165) is 11.1 Å². The van der Waals surface area contributed by atoms with Crippen molar-refractivity contribution in [2.75, 3.05) is 7.11 Å². The van der Waals surface area contributed by atoms with Crippen LogP contribution >= 0.6 is 0 Å². The number of hydrogen-bond acceptors (Lipinski definition) is 5. The summed E-state index contributed by atoms with van der Waals surface area (Å²) in [7, 11) is 1.30. The fourth-order valence-corrected chi connectivity index (χ4v) is 2.44. The number of Topliss-reactive ketones (excluding diaryl/α,β-unsaturated/α-hetero) is 1. The molecule has 0 atom stereocenters. The summed E-state index contributed by atoms with van der Waals surface area (Å²) in [6.45, 7) is 3.08. The Kier molecular flexibility index (Phi) is 6.44. The monoisotopic (exact) mass is 351 g/mol. The number of methoxy groups -OCH3 is 1. The third-order valence-corrected chi connectivity index (χ3v) is 3.84. The van der Waals surface area contributed by atoms with E-state index in [1.54, 1.807) is 13.0 Å². The van der Waals surface area contributed by atoms with Crippen LogP contribution in [0, 0.1) is 0 Å². The van der Waals surface area contributed by atoms with Crippen molar-refractivity contribution in [3.63, 3.8) is 0 Å². The Morgan fingerprint density at radius 2 is 1.92 bits per heavy atom. The minimum Gasteiger partial charge on any atom is -0.510 e. The largest absolute Gasteiger partial charge is 0.510 e. The molecular weight excluding hydrogens is 330 g/mol. The number of aliphatic imine (C=N–C) groups is 1. The maximum atomic E-state index is 11.8. The summed E-state index contributed by atoms with van der Waals surface area (Å²) in [6, 6.07) is 9.64. The van der Waals surface area contributed by atoms with Gasteiger partial charge in [0.25, 0.3) is 0 Å². The van der Waals surface area contributed by atoms with Crippen LogP contribution in [0.4, 0.5) is 0 Å². The maximum Gasteiger partial charge on any atom is 0.330 e. The molecule has 5 heteroatoms. The average Bonchev–Trinajstić information content (AvgIpc) is 2.70. The Morgan fingerprint density at radius 3 is 2.54 bits per heavy atom. The molecule has 0 saturated heterocycles. The van der Waals surface area contributed by atoms with Gasteiger partial charge in [-0.15, -0.1) is 0 Å². The summed E-state index contributed by atoms with van der Waals surface area (Å²) in [5, 5.41) is 10.3. The molecule has 0 radical (unpaired) electrons. The molecule has 0 aliphatic carbocycles. The van der Waals surface area contributed by atoms with Gasteiger partial charge in [0.2, 0.25) is 0 Å². The Labute approximate surface area is 152 Å². The molecule has 1 N–H and O–H groups in total. The quantitative estimate of drug-likeness (QED) is 0.658. The molecular formula is C21H21NO4. The van der Waals surface area contributed by atoms with Gasteiger partial charge in [-0.3, -0.25) is 4.79 Å². The van der Waals surface area contributed by atoms with E-state index in [1.165, 1.54) is 20.1 Å². The van der Waals surface area contributed by atoms with Crippen LogP contribution in [-0.2, 0) is 14.3 Å². The fourth-order valence-electron chi connectivity index (χ4n) is 2.44. The number of ketones is 1. The molecule has 1 heterocycles. The van der Waals surface area contributed by atoms with Gasteiger partial charge in [-0.05, 0) is 35.8 Å². The van der Waals surface area contributed by atoms with Gasteiger partial charge in [-0.2, -0.15) is 0 Å². The Bertz CT molecular complexity index is 855. The van der Waals surface area contributed by atoms with Crippen molar-refractivity contribution in [3.05, 3.63) is 77.2 Å². The number of carbonyl (C=O) groups is 2. The summed E-state index contributed by atoms with van der Waals surface area (Å²) < 4.78 is 4.63. The van der Waals surface area contributed by atoms with Gasteiger partial charge >= 0.3 is 5.97 Å². The second kappa shape index (κ2) is 8.76. The van der Waals surface area contributed by atoms with Gasteiger partial charge in [0, 0.05) is 25.1 Å². The summed E-state index contributed by atoms with van der Waals surface area (Å²) in [6.07, 6.45) is 6.75. The third kappa shape index (κ3) is 4.89. The first-order valence-electron chi connectivity index (χ1n) is 8.14. The van der Waals surface area contributed by atoms with Crippen LogP contribution in [0.25, 0.3) is 5.57 Å². The molecule has 0 saturated carbocycles. The highest BCUT2D eigenvalue weighted by Gasteiger charge is 2.14. The van der Waals surface area contributed by atoms with Crippen molar-refractivity contribution in [1.82, 2.24) is 0 Å². The van der Waals surface area contributed by atoms with E-state index in [9.17, 15) is 14.7 Å². The number of hydrogen-bond donors (Lipinski definition) is 1. The number of rotatable bonds is 4. The van der Waals surface area contributed by atoms with Crippen molar-refractivity contribution in [2.24, 2.45) is 4.99 Å². The number of allylic oxidation sites excluding steroid dienone is 6. The molecule has 2 rings (SSSR count). The molecule has 1 aromatic rings. The first-order chi connectivity index (χ1) is 12.4. The lowest BCUT2D eigenvalue weighted by molar-refractivity contribution is -0.134. The van der Waals surface area contributed by atoms with Crippen molar-refractivity contribution in [1.29, 1.82) is 0 Å². The number of esters is 1. The summed E-state index contributed by atoms with van der Waals surface area (Å²) in [5.41, 5.74) is 2.96. The lowest BCUT2D eigenvalue weighted by Gasteiger charge is -2.06. The number of benzene rings is 1. The first-order valence-corrected chi connectivity index (χ1v) is 8.14. The molecule has 26 heavy (non-hydrogen) atoms. The van der Waals surface area contributed by atoms with Crippen molar-refractivity contribution in [2.45, 2.75) is 20.3 Å². The third-order valence-electron chi connectivity index (χ3n) is 3.84. The smallest absolute Gasteiger partial charge is 0.330 e. The first kappa shape index (κ1) is 19.1. The second-order valence-electron chi connectivity index (χ2n) is 5.73. The van der Waals surface area contributed by atoms with Crippen molar-refractivity contribution >= 4 is 23.0 Å². The molecule has 1 aliphatic rings. The standard InChI is InChI=1S/C21H21NO4/c1-14-17(10-12-20(25)26-3)13-18(16-7-5-4-6-8-16)9-11-19(24)21(22-14)15(2)23/h4-10,12-13,24H,11H2,1-3H3/b12-10+,17-13-,18-9?,21-19-,22-14-. The molecule has 0 spiro atoms. The van der Waals surface area contributed by atoms with E-state index in [2.05, 4.69) is 9.73 Å². The molecule has 0 aromatic heterocycles. The molecule has 1 aliphatic heterocycles. The van der Waals surface area contributed by atoms with Crippen LogP contribution in [0.15, 0.2) is 76.7 Å². The van der Waals surface area contributed by atoms with Gasteiger partial charge in [0.15, 0.2) is 5.78 Å². The minimum atomic E-state index is -0.492. The molecule has 0 amide bonds. The fraction of sp³-hybridized carbons (Fsp3) is 0.190. The van der Waals surface area contributed by atoms with Gasteiger partial charge in [-0.25, -0.2) is 9.79 Å². The highest BCUT2D eigenvalue weighted by atomic mass is 16.5. The SMILES string of the molecule is COC(=O)/C=C/C1=C/C(c2ccccc2)=CC/C(O)=C(C(C)=O)/N=C\1C. The van der Waals surface area contributed by atoms with Crippen LogP contribution in [0.2, 0.25) is 0 Å². The number of aliphatic hydroxyl groups excluding tert-OH is 1. The van der Waals surface area contributed by atoms with Gasteiger partial charge in [0.05, 0.1) is 7.11 Å². The summed E-state index contributed by atoms with van der Waals surface area (Å²) in [4.78, 5) is 27.6. The van der Waals surface area contributed by atoms with Crippen molar-refractivity contribution < 1.29 is 19.4 Å². The maximum absolute atomic E-state index is 11.8. The van der Waals surface area contributed by atoms with Crippen molar-refractivity contribution in [3.8, 4) is 0 Å². The molecule has 5 nitrogen and oxygen atoms in total. The lowest BCUT2D eigenvalue weighted by atomic mass is 10.00. The average molecular weight is 351 g/mol. The Balaban J connectivity index is 2.63. The van der Waals surface area contributed by atoms with E-state index < -0.39 is 5.97 Å². The summed E-state index contributed by atoms with van der Waals surface area (Å²) in [5.74, 6) is -0.902. The predicted molar refractivity (Wildman–Crippen MR) is 102 cm³/mol. The van der Waals surface area contributed by atoms with Crippen LogP contribution in [0.5, 0.6) is 0 Å². The van der Waals surface area contributed by atoms with E-state index in [-0.39, 0.29) is 23.7 Å². The van der Waals surface area contributed by atoms with Crippen LogP contribution in [0.3, 0.4) is 0 Å². The summed E-state index contributed by atoms with van der Waals surface area (Å²) >= 11 is 0. The van der Waals surface area contributed by atoms with E-state index in [1.807, 2.05) is 42.5 Å². The molecule has 1 aromatic carbocycles. The zero-order chi connectivity index (χ0) is 19.1. The number of carbonyl (C=O) groups excluding carboxylic acids is 2. The minimum absolute atomic E-state index is 0.0189. The second-order valence-corrected chi connectivity index (χ2v) is 5.73. The number of aliphatic hydroxyl groups is 1. The van der Waals surface area contributed by atoms with E-state index >= 15 is 0 Å². The topological polar surface area (TPSA) is 76.0 Å². The zero-order valence-electron chi connectivity index (χ0n) is 15.0. The highest BCUT2D eigenvalue weighted by Crippen LogP contribution is 2.24. The van der Waals surface area contributed by atoms with Gasteiger partial charge in [0.1, 0.15) is 11.5 Å².